The maximum Gasteiger partial charge on any atom is 0.122 e. The van der Waals surface area contributed by atoms with Gasteiger partial charge in [0.2, 0.25) is 0 Å². The molecular formula is C23H36N2O2. The molecule has 0 saturated heterocycles. The van der Waals surface area contributed by atoms with E-state index in [-0.39, 0.29) is 11.6 Å². The van der Waals surface area contributed by atoms with E-state index >= 15 is 0 Å². The monoisotopic (exact) mass is 372 g/mol. The van der Waals surface area contributed by atoms with E-state index in [1.54, 1.807) is 0 Å². The van der Waals surface area contributed by atoms with Crippen molar-refractivity contribution in [3.05, 3.63) is 34.2 Å². The van der Waals surface area contributed by atoms with Crippen LogP contribution in [0.1, 0.15) is 76.3 Å². The highest BCUT2D eigenvalue weighted by Crippen LogP contribution is 2.49. The van der Waals surface area contributed by atoms with Crippen molar-refractivity contribution in [2.75, 3.05) is 6.61 Å². The SMILES string of the molecule is CCCCCC(CCC1CCC2Cc3c(cccc3OCC)CC12N)N=O. The highest BCUT2D eigenvalue weighted by molar-refractivity contribution is 5.44. The van der Waals surface area contributed by atoms with Gasteiger partial charge < -0.3 is 10.5 Å². The number of nitroso groups, excluding NO2 is 1. The fourth-order valence-corrected chi connectivity index (χ4v) is 5.42. The molecule has 0 heterocycles. The van der Waals surface area contributed by atoms with Crippen molar-refractivity contribution in [3.63, 3.8) is 0 Å². The van der Waals surface area contributed by atoms with Crippen molar-refractivity contribution in [2.24, 2.45) is 22.7 Å². The van der Waals surface area contributed by atoms with Gasteiger partial charge in [-0.05, 0) is 80.9 Å². The Kier molecular flexibility index (Phi) is 6.91. The number of benzene rings is 1. The van der Waals surface area contributed by atoms with Gasteiger partial charge in [-0.25, -0.2) is 0 Å². The molecule has 1 saturated carbocycles. The van der Waals surface area contributed by atoms with Crippen LogP contribution in [0.25, 0.3) is 0 Å². The van der Waals surface area contributed by atoms with Gasteiger partial charge >= 0.3 is 0 Å². The molecule has 0 amide bonds. The summed E-state index contributed by atoms with van der Waals surface area (Å²) in [5, 5.41) is 3.41. The lowest BCUT2D eigenvalue weighted by molar-refractivity contribution is 0.210. The molecule has 4 nitrogen and oxygen atoms in total. The summed E-state index contributed by atoms with van der Waals surface area (Å²) in [5.74, 6) is 2.07. The van der Waals surface area contributed by atoms with Crippen LogP contribution in [0.3, 0.4) is 0 Å². The fraction of sp³-hybridized carbons (Fsp3) is 0.739. The number of nitrogens with zero attached hydrogens (tertiary/aromatic N) is 1. The van der Waals surface area contributed by atoms with Gasteiger partial charge in [0.15, 0.2) is 0 Å². The van der Waals surface area contributed by atoms with E-state index in [9.17, 15) is 4.91 Å². The Morgan fingerprint density at radius 2 is 2.11 bits per heavy atom. The Bertz CT molecular complexity index is 633. The molecule has 0 bridgehead atoms. The third-order valence-corrected chi connectivity index (χ3v) is 7.00. The van der Waals surface area contributed by atoms with E-state index in [1.165, 1.54) is 36.8 Å². The third-order valence-electron chi connectivity index (χ3n) is 7.00. The third kappa shape index (κ3) is 4.37. The fourth-order valence-electron chi connectivity index (χ4n) is 5.42. The molecular weight excluding hydrogens is 336 g/mol. The highest BCUT2D eigenvalue weighted by Gasteiger charge is 2.49. The Hall–Kier alpha value is -1.42. The van der Waals surface area contributed by atoms with Crippen molar-refractivity contribution in [2.45, 2.75) is 89.6 Å². The quantitative estimate of drug-likeness (QED) is 0.441. The molecule has 0 radical (unpaired) electrons. The summed E-state index contributed by atoms with van der Waals surface area (Å²) in [4.78, 5) is 11.2. The normalized spacial score (nSPS) is 27.7. The van der Waals surface area contributed by atoms with Gasteiger partial charge in [0.1, 0.15) is 5.75 Å². The lowest BCUT2D eigenvalue weighted by Crippen LogP contribution is -2.53. The Morgan fingerprint density at radius 3 is 2.85 bits per heavy atom. The molecule has 0 aliphatic heterocycles. The van der Waals surface area contributed by atoms with Gasteiger partial charge in [0, 0.05) is 5.54 Å². The first-order valence-electron chi connectivity index (χ1n) is 11.0. The average molecular weight is 373 g/mol. The van der Waals surface area contributed by atoms with Crippen LogP contribution in [-0.4, -0.2) is 18.2 Å². The second-order valence-electron chi connectivity index (χ2n) is 8.62. The molecule has 27 heavy (non-hydrogen) atoms. The molecule has 1 aromatic carbocycles. The molecule has 4 atom stereocenters. The van der Waals surface area contributed by atoms with Crippen LogP contribution in [0.4, 0.5) is 0 Å². The van der Waals surface area contributed by atoms with Crippen molar-refractivity contribution in [1.29, 1.82) is 0 Å². The molecule has 4 heteroatoms. The van der Waals surface area contributed by atoms with E-state index in [1.807, 2.05) is 6.92 Å². The molecule has 4 unspecified atom stereocenters. The molecule has 150 valence electrons. The maximum atomic E-state index is 11.2. The number of rotatable bonds is 10. The average Bonchev–Trinajstić information content (AvgIpc) is 2.98. The zero-order valence-corrected chi connectivity index (χ0v) is 17.1. The first kappa shape index (κ1) is 20.3. The zero-order valence-electron chi connectivity index (χ0n) is 17.1. The lowest BCUT2D eigenvalue weighted by atomic mass is 9.68. The largest absolute Gasteiger partial charge is 0.494 e. The minimum Gasteiger partial charge on any atom is -0.494 e. The van der Waals surface area contributed by atoms with Gasteiger partial charge in [-0.2, -0.15) is 4.91 Å². The van der Waals surface area contributed by atoms with Crippen LogP contribution >= 0.6 is 0 Å². The van der Waals surface area contributed by atoms with Crippen molar-refractivity contribution in [1.82, 2.24) is 0 Å². The predicted molar refractivity (Wildman–Crippen MR) is 111 cm³/mol. The van der Waals surface area contributed by atoms with Gasteiger partial charge in [-0.3, -0.25) is 0 Å². The van der Waals surface area contributed by atoms with Crippen LogP contribution in [0.2, 0.25) is 0 Å². The minimum atomic E-state index is -0.130. The summed E-state index contributed by atoms with van der Waals surface area (Å²) in [6.45, 7) is 4.94. The van der Waals surface area contributed by atoms with Gasteiger partial charge in [0.25, 0.3) is 0 Å². The number of hydrogen-bond acceptors (Lipinski definition) is 4. The molecule has 0 aromatic heterocycles. The standard InChI is InChI=1S/C23H36N2O2/c1-3-5-6-9-20(25-26)14-13-18-11-12-19-15-21-17(16-23(18,19)24)8-7-10-22(21)27-4-2/h7-8,10,18-20H,3-6,9,11-16,24H2,1-2H3. The Balaban J connectivity index is 1.66. The van der Waals surface area contributed by atoms with Crippen LogP contribution in [0.5, 0.6) is 5.75 Å². The number of fused-ring (bicyclic) bond motifs is 2. The summed E-state index contributed by atoms with van der Waals surface area (Å²) in [6, 6.07) is 6.38. The number of ether oxygens (including phenoxy) is 1. The van der Waals surface area contributed by atoms with Crippen molar-refractivity contribution < 1.29 is 4.74 Å². The summed E-state index contributed by atoms with van der Waals surface area (Å²) in [7, 11) is 0. The van der Waals surface area contributed by atoms with Crippen molar-refractivity contribution in [3.8, 4) is 5.75 Å². The zero-order chi connectivity index (χ0) is 19.3. The van der Waals surface area contributed by atoms with E-state index in [0.29, 0.717) is 18.4 Å². The van der Waals surface area contributed by atoms with Crippen LogP contribution in [-0.2, 0) is 12.8 Å². The number of hydrogen-bond donors (Lipinski definition) is 1. The Labute approximate surface area is 164 Å². The molecule has 0 spiro atoms. The number of unbranched alkanes of at least 4 members (excludes halogenated alkanes) is 2. The number of nitrogens with two attached hydrogens (primary N) is 1. The van der Waals surface area contributed by atoms with E-state index in [2.05, 4.69) is 30.3 Å². The molecule has 2 N–H and O–H groups in total. The summed E-state index contributed by atoms with van der Waals surface area (Å²) in [5.41, 5.74) is 9.65. The van der Waals surface area contributed by atoms with Gasteiger partial charge in [0.05, 0.1) is 12.6 Å². The van der Waals surface area contributed by atoms with Crippen LogP contribution < -0.4 is 10.5 Å². The molecule has 3 rings (SSSR count). The summed E-state index contributed by atoms with van der Waals surface area (Å²) in [6.07, 6.45) is 10.7. The maximum absolute atomic E-state index is 11.2. The molecule has 2 aliphatic rings. The van der Waals surface area contributed by atoms with Crippen molar-refractivity contribution >= 4 is 0 Å². The Morgan fingerprint density at radius 1 is 1.26 bits per heavy atom. The first-order chi connectivity index (χ1) is 13.1. The van der Waals surface area contributed by atoms with Crippen LogP contribution in [0.15, 0.2) is 23.4 Å². The van der Waals surface area contributed by atoms with E-state index in [4.69, 9.17) is 10.5 Å². The highest BCUT2D eigenvalue weighted by atomic mass is 16.5. The summed E-state index contributed by atoms with van der Waals surface area (Å²) < 4.78 is 5.86. The first-order valence-corrected chi connectivity index (χ1v) is 11.0. The molecule has 1 fully saturated rings. The van der Waals surface area contributed by atoms with E-state index in [0.717, 1.165) is 44.3 Å². The second-order valence-corrected chi connectivity index (χ2v) is 8.62. The van der Waals surface area contributed by atoms with Gasteiger partial charge in [-0.1, -0.05) is 43.5 Å². The molecule has 1 aromatic rings. The molecule has 2 aliphatic carbocycles. The summed E-state index contributed by atoms with van der Waals surface area (Å²) >= 11 is 0. The van der Waals surface area contributed by atoms with Gasteiger partial charge in [-0.15, -0.1) is 0 Å². The van der Waals surface area contributed by atoms with Crippen LogP contribution in [0, 0.1) is 16.7 Å². The predicted octanol–water partition coefficient (Wildman–Crippen LogP) is 5.40. The topological polar surface area (TPSA) is 64.7 Å². The lowest BCUT2D eigenvalue weighted by Gasteiger charge is -2.42. The van der Waals surface area contributed by atoms with E-state index < -0.39 is 0 Å². The second kappa shape index (κ2) is 9.18. The smallest absolute Gasteiger partial charge is 0.122 e. The minimum absolute atomic E-state index is 0.0281.